The second kappa shape index (κ2) is 6.54. The van der Waals surface area contributed by atoms with Crippen molar-refractivity contribution in [2.75, 3.05) is 12.4 Å². The number of hydrogen-bond donors (Lipinski definition) is 1. The van der Waals surface area contributed by atoms with Crippen LogP contribution in [0.4, 0.5) is 5.69 Å². The molecule has 0 bridgehead atoms. The molecule has 0 aromatic carbocycles. The molecular weight excluding hydrogens is 250 g/mol. The lowest BCUT2D eigenvalue weighted by Crippen LogP contribution is -2.16. The molecule has 0 aliphatic carbocycles. The number of carbonyl (C=O) groups is 2. The first-order chi connectivity index (χ1) is 8.49. The van der Waals surface area contributed by atoms with E-state index in [0.717, 1.165) is 12.0 Å². The summed E-state index contributed by atoms with van der Waals surface area (Å²) in [6.45, 7) is 5.94. The van der Waals surface area contributed by atoms with Crippen molar-refractivity contribution < 1.29 is 14.3 Å². The summed E-state index contributed by atoms with van der Waals surface area (Å²) < 4.78 is 4.69. The Balaban J connectivity index is 2.80. The second-order valence-electron chi connectivity index (χ2n) is 4.38. The van der Waals surface area contributed by atoms with Crippen LogP contribution in [0.25, 0.3) is 0 Å². The van der Waals surface area contributed by atoms with E-state index in [1.807, 2.05) is 26.2 Å². The monoisotopic (exact) mass is 269 g/mol. The van der Waals surface area contributed by atoms with E-state index in [-0.39, 0.29) is 5.91 Å². The first-order valence-corrected chi connectivity index (χ1v) is 6.83. The Kier molecular flexibility index (Phi) is 5.34. The van der Waals surface area contributed by atoms with Crippen molar-refractivity contribution >= 4 is 28.9 Å². The molecule has 0 radical (unpaired) electrons. The van der Waals surface area contributed by atoms with Gasteiger partial charge < -0.3 is 10.1 Å². The highest BCUT2D eigenvalue weighted by molar-refractivity contribution is 7.12. The molecule has 5 heteroatoms. The van der Waals surface area contributed by atoms with E-state index in [1.54, 1.807) is 0 Å². The molecule has 0 aliphatic heterocycles. The Morgan fingerprint density at radius 1 is 1.50 bits per heavy atom. The number of amides is 1. The zero-order valence-corrected chi connectivity index (χ0v) is 12.0. The summed E-state index contributed by atoms with van der Waals surface area (Å²) in [6, 6.07) is 0. The van der Waals surface area contributed by atoms with Gasteiger partial charge in [-0.25, -0.2) is 4.79 Å². The summed E-state index contributed by atoms with van der Waals surface area (Å²) >= 11 is 1.29. The van der Waals surface area contributed by atoms with E-state index < -0.39 is 5.97 Å². The van der Waals surface area contributed by atoms with Gasteiger partial charge in [-0.05, 0) is 23.8 Å². The van der Waals surface area contributed by atoms with E-state index in [0.29, 0.717) is 22.9 Å². The molecule has 1 atom stereocenters. The maximum atomic E-state index is 11.8. The number of anilines is 1. The summed E-state index contributed by atoms with van der Waals surface area (Å²) in [7, 11) is 1.34. The molecule has 0 saturated heterocycles. The molecule has 0 aliphatic rings. The van der Waals surface area contributed by atoms with Crippen LogP contribution in [0.2, 0.25) is 0 Å². The predicted molar refractivity (Wildman–Crippen MR) is 73.1 cm³/mol. The molecule has 1 unspecified atom stereocenters. The molecule has 18 heavy (non-hydrogen) atoms. The number of aryl methyl sites for hydroxylation is 1. The molecule has 1 aromatic heterocycles. The topological polar surface area (TPSA) is 55.4 Å². The number of hydrogen-bond acceptors (Lipinski definition) is 4. The van der Waals surface area contributed by atoms with Gasteiger partial charge in [0.05, 0.1) is 12.8 Å². The smallest absolute Gasteiger partial charge is 0.350 e. The molecule has 1 rings (SSSR count). The van der Waals surface area contributed by atoms with E-state index in [1.165, 1.54) is 18.4 Å². The van der Waals surface area contributed by atoms with Crippen LogP contribution in [0.5, 0.6) is 0 Å². The number of thiophene rings is 1. The van der Waals surface area contributed by atoms with E-state index in [4.69, 9.17) is 4.74 Å². The van der Waals surface area contributed by atoms with Crippen LogP contribution in [-0.4, -0.2) is 19.0 Å². The second-order valence-corrected chi connectivity index (χ2v) is 5.26. The predicted octanol–water partition coefficient (Wildman–Crippen LogP) is 3.22. The maximum absolute atomic E-state index is 11.8. The Bertz CT molecular complexity index is 439. The lowest BCUT2D eigenvalue weighted by Gasteiger charge is -2.10. The van der Waals surface area contributed by atoms with Gasteiger partial charge in [0.25, 0.3) is 0 Å². The van der Waals surface area contributed by atoms with Gasteiger partial charge in [-0.2, -0.15) is 0 Å². The van der Waals surface area contributed by atoms with Crippen LogP contribution in [0, 0.1) is 12.8 Å². The van der Waals surface area contributed by atoms with E-state index >= 15 is 0 Å². The third kappa shape index (κ3) is 3.57. The minimum absolute atomic E-state index is 0.0593. The van der Waals surface area contributed by atoms with Crippen molar-refractivity contribution in [1.82, 2.24) is 0 Å². The molecule has 1 aromatic rings. The standard InChI is InChI=1S/C13H19NO3S/c1-5-8(2)6-10(15)14-11-9(3)7-18-12(11)13(16)17-4/h7-8H,5-6H2,1-4H3,(H,14,15). The van der Waals surface area contributed by atoms with Crippen LogP contribution >= 0.6 is 11.3 Å². The van der Waals surface area contributed by atoms with Crippen LogP contribution in [-0.2, 0) is 9.53 Å². The highest BCUT2D eigenvalue weighted by Gasteiger charge is 2.19. The van der Waals surface area contributed by atoms with Crippen molar-refractivity contribution in [3.8, 4) is 0 Å². The van der Waals surface area contributed by atoms with Gasteiger partial charge in [-0.1, -0.05) is 20.3 Å². The fourth-order valence-corrected chi connectivity index (χ4v) is 2.42. The Morgan fingerprint density at radius 2 is 2.17 bits per heavy atom. The van der Waals surface area contributed by atoms with Crippen LogP contribution in [0.3, 0.4) is 0 Å². The zero-order chi connectivity index (χ0) is 13.7. The molecule has 1 heterocycles. The van der Waals surface area contributed by atoms with Gasteiger partial charge in [0, 0.05) is 6.42 Å². The minimum atomic E-state index is -0.410. The Hall–Kier alpha value is -1.36. The molecule has 4 nitrogen and oxygen atoms in total. The number of nitrogens with one attached hydrogen (secondary N) is 1. The first-order valence-electron chi connectivity index (χ1n) is 5.95. The maximum Gasteiger partial charge on any atom is 0.350 e. The van der Waals surface area contributed by atoms with Crippen molar-refractivity contribution in [1.29, 1.82) is 0 Å². The summed E-state index contributed by atoms with van der Waals surface area (Å²) in [5.41, 5.74) is 1.47. The van der Waals surface area contributed by atoms with Crippen LogP contribution < -0.4 is 5.32 Å². The Morgan fingerprint density at radius 3 is 2.72 bits per heavy atom. The number of ether oxygens (including phenoxy) is 1. The number of carbonyl (C=O) groups excluding carboxylic acids is 2. The van der Waals surface area contributed by atoms with Gasteiger partial charge in [0.1, 0.15) is 4.88 Å². The summed E-state index contributed by atoms with van der Waals surface area (Å²) in [4.78, 5) is 23.8. The third-order valence-electron chi connectivity index (χ3n) is 2.84. The average molecular weight is 269 g/mol. The van der Waals surface area contributed by atoms with E-state index in [2.05, 4.69) is 5.32 Å². The minimum Gasteiger partial charge on any atom is -0.465 e. The van der Waals surface area contributed by atoms with Crippen molar-refractivity contribution in [2.24, 2.45) is 5.92 Å². The molecule has 0 fully saturated rings. The molecule has 0 saturated carbocycles. The highest BCUT2D eigenvalue weighted by atomic mass is 32.1. The van der Waals surface area contributed by atoms with Crippen LogP contribution in [0.15, 0.2) is 5.38 Å². The highest BCUT2D eigenvalue weighted by Crippen LogP contribution is 2.28. The lowest BCUT2D eigenvalue weighted by atomic mass is 10.0. The number of methoxy groups -OCH3 is 1. The third-order valence-corrected chi connectivity index (χ3v) is 3.92. The van der Waals surface area contributed by atoms with E-state index in [9.17, 15) is 9.59 Å². The normalized spacial score (nSPS) is 12.0. The van der Waals surface area contributed by atoms with Crippen molar-refractivity contribution in [2.45, 2.75) is 33.6 Å². The van der Waals surface area contributed by atoms with Crippen LogP contribution in [0.1, 0.15) is 41.9 Å². The zero-order valence-electron chi connectivity index (χ0n) is 11.2. The van der Waals surface area contributed by atoms with Crippen molar-refractivity contribution in [3.05, 3.63) is 15.8 Å². The first kappa shape index (κ1) is 14.7. The Labute approximate surface area is 111 Å². The summed E-state index contributed by atoms with van der Waals surface area (Å²) in [6.07, 6.45) is 1.42. The van der Waals surface area contributed by atoms with Crippen molar-refractivity contribution in [3.63, 3.8) is 0 Å². The van der Waals surface area contributed by atoms with Gasteiger partial charge in [0.15, 0.2) is 0 Å². The molecule has 100 valence electrons. The summed E-state index contributed by atoms with van der Waals surface area (Å²) in [5.74, 6) is -0.131. The van der Waals surface area contributed by atoms with Gasteiger partial charge in [-0.15, -0.1) is 11.3 Å². The fourth-order valence-electron chi connectivity index (χ4n) is 1.49. The van der Waals surface area contributed by atoms with Gasteiger partial charge in [-0.3, -0.25) is 4.79 Å². The molecular formula is C13H19NO3S. The largest absolute Gasteiger partial charge is 0.465 e. The average Bonchev–Trinajstić information content (AvgIpc) is 2.70. The molecule has 1 amide bonds. The number of rotatable bonds is 5. The quantitative estimate of drug-likeness (QED) is 0.835. The molecule has 1 N–H and O–H groups in total. The number of esters is 1. The lowest BCUT2D eigenvalue weighted by molar-refractivity contribution is -0.117. The summed E-state index contributed by atoms with van der Waals surface area (Å²) in [5, 5.41) is 4.65. The van der Waals surface area contributed by atoms with Gasteiger partial charge in [0.2, 0.25) is 5.91 Å². The SMILES string of the molecule is CCC(C)CC(=O)Nc1c(C)csc1C(=O)OC. The van der Waals surface area contributed by atoms with Gasteiger partial charge >= 0.3 is 5.97 Å². The molecule has 0 spiro atoms. The fraction of sp³-hybridized carbons (Fsp3) is 0.538.